The highest BCUT2D eigenvalue weighted by atomic mass is 16.3. The van der Waals surface area contributed by atoms with Crippen molar-refractivity contribution in [2.45, 2.75) is 154 Å². The van der Waals surface area contributed by atoms with Crippen LogP contribution in [0, 0.1) is 0 Å². The fourth-order valence-corrected chi connectivity index (χ4v) is 4.21. The quantitative estimate of drug-likeness (QED) is 0.0817. The van der Waals surface area contributed by atoms with Gasteiger partial charge in [0.05, 0.1) is 18.8 Å². The fraction of sp³-hybridized carbons (Fsp3) is 0.781. The van der Waals surface area contributed by atoms with E-state index in [1.807, 2.05) is 6.08 Å². The average molecular weight is 506 g/mol. The van der Waals surface area contributed by atoms with Crippen LogP contribution in [0.15, 0.2) is 36.5 Å². The van der Waals surface area contributed by atoms with E-state index in [0.717, 1.165) is 38.5 Å². The van der Waals surface area contributed by atoms with Crippen molar-refractivity contribution in [3.8, 4) is 0 Å². The second-order valence-electron chi connectivity index (χ2n) is 10.2. The van der Waals surface area contributed by atoms with Crippen LogP contribution in [0.25, 0.3) is 0 Å². The minimum Gasteiger partial charge on any atom is -0.394 e. The van der Waals surface area contributed by atoms with Gasteiger partial charge in [0.1, 0.15) is 0 Å². The van der Waals surface area contributed by atoms with E-state index in [0.29, 0.717) is 6.42 Å². The first kappa shape index (κ1) is 34.6. The van der Waals surface area contributed by atoms with Crippen LogP contribution in [0.4, 0.5) is 0 Å². The van der Waals surface area contributed by atoms with Crippen molar-refractivity contribution < 1.29 is 15.0 Å². The van der Waals surface area contributed by atoms with E-state index < -0.39 is 12.1 Å². The van der Waals surface area contributed by atoms with Crippen LogP contribution in [-0.2, 0) is 4.79 Å². The SMILES string of the molecule is CCCCCCCCC/C=C/CC/C=C/CC/C=C/C(O)C(CO)NC(=O)CCCCCCCCC. The molecule has 0 spiro atoms. The highest BCUT2D eigenvalue weighted by Crippen LogP contribution is 2.10. The Kier molecular flexibility index (Phi) is 27.1. The van der Waals surface area contributed by atoms with E-state index in [4.69, 9.17) is 0 Å². The Bertz CT molecular complexity index is 556. The molecular weight excluding hydrogens is 446 g/mol. The molecule has 0 aliphatic rings. The van der Waals surface area contributed by atoms with Crippen molar-refractivity contribution in [2.75, 3.05) is 6.61 Å². The Labute approximate surface area is 223 Å². The number of aliphatic hydroxyl groups excluding tert-OH is 2. The minimum absolute atomic E-state index is 0.0885. The Hall–Kier alpha value is -1.39. The number of amides is 1. The first-order valence-electron chi connectivity index (χ1n) is 15.2. The third-order valence-corrected chi connectivity index (χ3v) is 6.60. The molecule has 0 aromatic carbocycles. The maximum absolute atomic E-state index is 12.1. The first-order valence-corrected chi connectivity index (χ1v) is 15.2. The third-order valence-electron chi connectivity index (χ3n) is 6.60. The summed E-state index contributed by atoms with van der Waals surface area (Å²) < 4.78 is 0. The molecule has 0 aromatic heterocycles. The van der Waals surface area contributed by atoms with Crippen LogP contribution < -0.4 is 5.32 Å². The fourth-order valence-electron chi connectivity index (χ4n) is 4.21. The third kappa shape index (κ3) is 24.3. The molecule has 0 saturated heterocycles. The van der Waals surface area contributed by atoms with Crippen molar-refractivity contribution in [3.05, 3.63) is 36.5 Å². The Morgan fingerprint density at radius 1 is 0.639 bits per heavy atom. The molecule has 0 fully saturated rings. The number of allylic oxidation sites excluding steroid dienone is 5. The van der Waals surface area contributed by atoms with Gasteiger partial charge in [-0.25, -0.2) is 0 Å². The van der Waals surface area contributed by atoms with E-state index in [2.05, 4.69) is 43.5 Å². The van der Waals surface area contributed by atoms with Crippen LogP contribution in [0.5, 0.6) is 0 Å². The van der Waals surface area contributed by atoms with Gasteiger partial charge in [0.15, 0.2) is 0 Å². The molecule has 36 heavy (non-hydrogen) atoms. The molecule has 4 heteroatoms. The summed E-state index contributed by atoms with van der Waals surface area (Å²) in [6.07, 6.45) is 35.1. The molecule has 210 valence electrons. The van der Waals surface area contributed by atoms with E-state index in [-0.39, 0.29) is 12.5 Å². The molecule has 3 N–H and O–H groups in total. The molecule has 0 rings (SSSR count). The zero-order chi connectivity index (χ0) is 26.5. The normalized spacial score (nSPS) is 13.8. The van der Waals surface area contributed by atoms with Gasteiger partial charge in [-0.05, 0) is 44.9 Å². The van der Waals surface area contributed by atoms with Crippen LogP contribution in [0.2, 0.25) is 0 Å². The summed E-state index contributed by atoms with van der Waals surface area (Å²) in [6, 6.07) is -0.637. The molecular formula is C32H59NO3. The summed E-state index contributed by atoms with van der Waals surface area (Å²) in [5.41, 5.74) is 0. The number of rotatable bonds is 26. The molecule has 0 bridgehead atoms. The molecule has 0 radical (unpaired) electrons. The van der Waals surface area contributed by atoms with E-state index >= 15 is 0 Å². The van der Waals surface area contributed by atoms with Gasteiger partial charge in [0.2, 0.25) is 5.91 Å². The lowest BCUT2D eigenvalue weighted by atomic mass is 10.1. The van der Waals surface area contributed by atoms with E-state index in [1.54, 1.807) is 6.08 Å². The topological polar surface area (TPSA) is 69.6 Å². The maximum atomic E-state index is 12.1. The molecule has 4 nitrogen and oxygen atoms in total. The van der Waals surface area contributed by atoms with Gasteiger partial charge in [-0.1, -0.05) is 127 Å². The van der Waals surface area contributed by atoms with Crippen molar-refractivity contribution in [1.29, 1.82) is 0 Å². The smallest absolute Gasteiger partial charge is 0.220 e. The highest BCUT2D eigenvalue weighted by molar-refractivity contribution is 5.76. The van der Waals surface area contributed by atoms with Gasteiger partial charge in [0, 0.05) is 6.42 Å². The van der Waals surface area contributed by atoms with Crippen LogP contribution in [0.3, 0.4) is 0 Å². The second-order valence-corrected chi connectivity index (χ2v) is 10.2. The van der Waals surface area contributed by atoms with Gasteiger partial charge in [0.25, 0.3) is 0 Å². The van der Waals surface area contributed by atoms with Gasteiger partial charge in [-0.2, -0.15) is 0 Å². The number of hydrogen-bond donors (Lipinski definition) is 3. The van der Waals surface area contributed by atoms with Gasteiger partial charge < -0.3 is 15.5 Å². The Morgan fingerprint density at radius 3 is 1.61 bits per heavy atom. The van der Waals surface area contributed by atoms with E-state index in [1.165, 1.54) is 83.5 Å². The summed E-state index contributed by atoms with van der Waals surface area (Å²) in [7, 11) is 0. The van der Waals surface area contributed by atoms with Gasteiger partial charge >= 0.3 is 0 Å². The first-order chi connectivity index (χ1) is 17.7. The molecule has 0 aliphatic carbocycles. The number of carbonyl (C=O) groups excluding carboxylic acids is 1. The Morgan fingerprint density at radius 2 is 1.08 bits per heavy atom. The molecule has 0 saturated carbocycles. The summed E-state index contributed by atoms with van der Waals surface area (Å²) in [5.74, 6) is -0.0885. The standard InChI is InChI=1S/C32H59NO3/c1-3-5-7-9-11-12-13-14-15-16-17-18-19-20-22-23-25-27-31(35)30(29-34)33-32(36)28-26-24-21-10-8-6-4-2/h15-16,19-20,25,27,30-31,34-35H,3-14,17-18,21-24,26,28-29H2,1-2H3,(H,33,36)/b16-15+,20-19+,27-25+. The van der Waals surface area contributed by atoms with Crippen molar-refractivity contribution in [2.24, 2.45) is 0 Å². The van der Waals surface area contributed by atoms with Crippen LogP contribution >= 0.6 is 0 Å². The predicted molar refractivity (Wildman–Crippen MR) is 156 cm³/mol. The van der Waals surface area contributed by atoms with Gasteiger partial charge in [-0.3, -0.25) is 4.79 Å². The van der Waals surface area contributed by atoms with Crippen molar-refractivity contribution >= 4 is 5.91 Å². The molecule has 0 aromatic rings. The molecule has 1 amide bonds. The highest BCUT2D eigenvalue weighted by Gasteiger charge is 2.17. The maximum Gasteiger partial charge on any atom is 0.220 e. The van der Waals surface area contributed by atoms with Crippen LogP contribution in [-0.4, -0.2) is 34.9 Å². The van der Waals surface area contributed by atoms with Crippen molar-refractivity contribution in [3.63, 3.8) is 0 Å². The molecule has 2 unspecified atom stereocenters. The van der Waals surface area contributed by atoms with Gasteiger partial charge in [-0.15, -0.1) is 0 Å². The number of unbranched alkanes of at least 4 members (excludes halogenated alkanes) is 15. The lowest BCUT2D eigenvalue weighted by Crippen LogP contribution is -2.45. The zero-order valence-electron chi connectivity index (χ0n) is 23.8. The second kappa shape index (κ2) is 28.2. The largest absolute Gasteiger partial charge is 0.394 e. The number of carbonyl (C=O) groups is 1. The predicted octanol–water partition coefficient (Wildman–Crippen LogP) is 8.33. The number of nitrogens with one attached hydrogen (secondary N) is 1. The molecule has 0 aliphatic heterocycles. The van der Waals surface area contributed by atoms with E-state index in [9.17, 15) is 15.0 Å². The summed E-state index contributed by atoms with van der Waals surface area (Å²) >= 11 is 0. The Balaban J connectivity index is 3.76. The molecule has 0 heterocycles. The van der Waals surface area contributed by atoms with Crippen molar-refractivity contribution in [1.82, 2.24) is 5.32 Å². The summed E-state index contributed by atoms with van der Waals surface area (Å²) in [5, 5.41) is 22.6. The number of hydrogen-bond acceptors (Lipinski definition) is 3. The van der Waals surface area contributed by atoms with Crippen LogP contribution in [0.1, 0.15) is 142 Å². The monoisotopic (exact) mass is 505 g/mol. The summed E-state index contributed by atoms with van der Waals surface area (Å²) in [6.45, 7) is 4.21. The summed E-state index contributed by atoms with van der Waals surface area (Å²) in [4.78, 5) is 12.1. The average Bonchev–Trinajstić information content (AvgIpc) is 2.88. The minimum atomic E-state index is -0.863. The molecule has 2 atom stereocenters. The zero-order valence-corrected chi connectivity index (χ0v) is 23.8. The lowest BCUT2D eigenvalue weighted by Gasteiger charge is -2.19. The number of aliphatic hydroxyl groups is 2. The lowest BCUT2D eigenvalue weighted by molar-refractivity contribution is -0.123.